The van der Waals surface area contributed by atoms with Gasteiger partial charge in [0.15, 0.2) is 0 Å². The average molecular weight is 567 g/mol. The molecule has 1 unspecified atom stereocenters. The number of fused-ring (bicyclic) bond motifs is 1. The van der Waals surface area contributed by atoms with Crippen molar-refractivity contribution >= 4 is 24.0 Å². The molecule has 4 aliphatic rings. The highest BCUT2D eigenvalue weighted by atomic mass is 16.3. The molecule has 41 heavy (non-hydrogen) atoms. The zero-order valence-electron chi connectivity index (χ0n) is 25.0. The van der Waals surface area contributed by atoms with Gasteiger partial charge in [-0.25, -0.2) is 0 Å². The highest BCUT2D eigenvalue weighted by Crippen LogP contribution is 2.65. The molecule has 2 aliphatic heterocycles. The van der Waals surface area contributed by atoms with Gasteiger partial charge in [0, 0.05) is 24.4 Å². The standard InChI is InChI=1S/C32H46N4O5/c1-30(2,3)26(35-27(39)22-13-21(22)19-9-7-6-8-10-19)29(41)36-15-23-24(31(23,4)5)25(36)28(40)34-20(16-37)14-32(18-38)11-12-33-17-32/h6-10,18,20-26,33,37H,11-17H2,1-5H3,(H,34,40)(H,35,39)/t20-,21-,22+,23-,24-,25-,26?,32+/m0/s1. The van der Waals surface area contributed by atoms with Crippen molar-refractivity contribution in [2.75, 3.05) is 26.2 Å². The molecule has 8 atom stereocenters. The summed E-state index contributed by atoms with van der Waals surface area (Å²) in [7, 11) is 0. The number of aldehydes is 1. The first-order valence-electron chi connectivity index (χ1n) is 15.1. The number of hydrogen-bond acceptors (Lipinski definition) is 6. The Kier molecular flexibility index (Phi) is 7.83. The number of carbonyl (C=O) groups is 4. The summed E-state index contributed by atoms with van der Waals surface area (Å²) in [4.78, 5) is 54.9. The predicted molar refractivity (Wildman–Crippen MR) is 155 cm³/mol. The van der Waals surface area contributed by atoms with Crippen LogP contribution in [-0.4, -0.2) is 78.4 Å². The van der Waals surface area contributed by atoms with Crippen molar-refractivity contribution in [2.24, 2.45) is 34.0 Å². The number of hydrogen-bond donors (Lipinski definition) is 4. The summed E-state index contributed by atoms with van der Waals surface area (Å²) in [6, 6.07) is 7.91. The van der Waals surface area contributed by atoms with Crippen LogP contribution < -0.4 is 16.0 Å². The summed E-state index contributed by atoms with van der Waals surface area (Å²) in [5.41, 5.74) is -0.125. The molecule has 0 aromatic heterocycles. The van der Waals surface area contributed by atoms with Crippen LogP contribution in [0.5, 0.6) is 0 Å². The summed E-state index contributed by atoms with van der Waals surface area (Å²) < 4.78 is 0. The largest absolute Gasteiger partial charge is 0.394 e. The number of piperidine rings is 1. The number of nitrogens with one attached hydrogen (secondary N) is 3. The number of nitrogens with zero attached hydrogens (tertiary/aromatic N) is 1. The topological polar surface area (TPSA) is 128 Å². The maximum absolute atomic E-state index is 14.2. The molecule has 5 rings (SSSR count). The highest BCUT2D eigenvalue weighted by molar-refractivity contribution is 5.95. The van der Waals surface area contributed by atoms with E-state index in [9.17, 15) is 24.3 Å². The second-order valence-electron chi connectivity index (χ2n) is 14.6. The third-order valence-electron chi connectivity index (χ3n) is 10.3. The van der Waals surface area contributed by atoms with Crippen LogP contribution >= 0.6 is 0 Å². The summed E-state index contributed by atoms with van der Waals surface area (Å²) in [6.45, 7) is 11.5. The number of aliphatic hydroxyl groups is 1. The van der Waals surface area contributed by atoms with Crippen molar-refractivity contribution < 1.29 is 24.3 Å². The molecule has 2 heterocycles. The van der Waals surface area contributed by atoms with Crippen LogP contribution in [0.3, 0.4) is 0 Å². The van der Waals surface area contributed by atoms with Crippen LogP contribution in [-0.2, 0) is 19.2 Å². The van der Waals surface area contributed by atoms with Crippen LogP contribution in [0, 0.1) is 34.0 Å². The normalized spacial score (nSPS) is 32.9. The van der Waals surface area contributed by atoms with Crippen molar-refractivity contribution in [1.29, 1.82) is 0 Å². The molecule has 1 aromatic rings. The first-order valence-corrected chi connectivity index (χ1v) is 15.1. The van der Waals surface area contributed by atoms with Gasteiger partial charge in [0.05, 0.1) is 12.6 Å². The molecule has 2 saturated carbocycles. The number of benzene rings is 1. The third-order valence-corrected chi connectivity index (χ3v) is 10.3. The lowest BCUT2D eigenvalue weighted by atomic mass is 9.82. The van der Waals surface area contributed by atoms with Crippen LogP contribution in [0.2, 0.25) is 0 Å². The summed E-state index contributed by atoms with van der Waals surface area (Å²) in [5, 5.41) is 19.4. The smallest absolute Gasteiger partial charge is 0.246 e. The molecule has 2 aliphatic carbocycles. The fourth-order valence-corrected chi connectivity index (χ4v) is 7.45. The minimum absolute atomic E-state index is 0.00110. The summed E-state index contributed by atoms with van der Waals surface area (Å²) in [5.74, 6) is -0.476. The van der Waals surface area contributed by atoms with Gasteiger partial charge in [-0.3, -0.25) is 14.4 Å². The van der Waals surface area contributed by atoms with Gasteiger partial charge in [0.2, 0.25) is 17.7 Å². The second-order valence-corrected chi connectivity index (χ2v) is 14.6. The Bertz CT molecular complexity index is 1170. The van der Waals surface area contributed by atoms with E-state index < -0.39 is 29.0 Å². The van der Waals surface area contributed by atoms with Crippen molar-refractivity contribution in [2.45, 2.75) is 77.9 Å². The fourth-order valence-electron chi connectivity index (χ4n) is 7.45. The Balaban J connectivity index is 1.30. The third kappa shape index (κ3) is 5.67. The highest BCUT2D eigenvalue weighted by Gasteiger charge is 2.70. The molecular weight excluding hydrogens is 520 g/mol. The lowest BCUT2D eigenvalue weighted by Crippen LogP contribution is -2.60. The second kappa shape index (κ2) is 10.8. The molecule has 9 heteroatoms. The monoisotopic (exact) mass is 566 g/mol. The van der Waals surface area contributed by atoms with Crippen molar-refractivity contribution in [3.8, 4) is 0 Å². The SMILES string of the molecule is CC(C)(C)C(NC(=O)[C@@H]1C[C@H]1c1ccccc1)C(=O)N1C[C@H]2[C@@H]([C@H]1C(=O)N[C@H](CO)C[C@]1(C=O)CCNC1)C2(C)C. The van der Waals surface area contributed by atoms with E-state index >= 15 is 0 Å². The Morgan fingerprint density at radius 2 is 1.85 bits per heavy atom. The van der Waals surface area contributed by atoms with E-state index in [1.165, 1.54) is 0 Å². The van der Waals surface area contributed by atoms with Crippen molar-refractivity contribution in [3.05, 3.63) is 35.9 Å². The van der Waals surface area contributed by atoms with Crippen LogP contribution in [0.1, 0.15) is 65.4 Å². The van der Waals surface area contributed by atoms with E-state index in [4.69, 9.17) is 0 Å². The van der Waals surface area contributed by atoms with E-state index in [0.29, 0.717) is 25.9 Å². The van der Waals surface area contributed by atoms with Gasteiger partial charge >= 0.3 is 0 Å². The van der Waals surface area contributed by atoms with Crippen LogP contribution in [0.4, 0.5) is 0 Å². The summed E-state index contributed by atoms with van der Waals surface area (Å²) in [6.07, 6.45) is 2.70. The van der Waals surface area contributed by atoms with Gasteiger partial charge in [-0.05, 0) is 60.0 Å². The molecular formula is C32H46N4O5. The molecule has 2 saturated heterocycles. The van der Waals surface area contributed by atoms with E-state index in [-0.39, 0.29) is 53.4 Å². The molecule has 0 bridgehead atoms. The zero-order chi connectivity index (χ0) is 29.7. The van der Waals surface area contributed by atoms with E-state index in [1.54, 1.807) is 4.90 Å². The van der Waals surface area contributed by atoms with Crippen molar-refractivity contribution in [3.63, 3.8) is 0 Å². The molecule has 1 aromatic carbocycles. The van der Waals surface area contributed by atoms with Crippen LogP contribution in [0.15, 0.2) is 30.3 Å². The maximum Gasteiger partial charge on any atom is 0.246 e. The minimum atomic E-state index is -0.778. The van der Waals surface area contributed by atoms with Gasteiger partial charge in [-0.1, -0.05) is 65.0 Å². The quantitative estimate of drug-likeness (QED) is 0.320. The van der Waals surface area contributed by atoms with Gasteiger partial charge in [0.1, 0.15) is 18.4 Å². The number of amides is 3. The Hall–Kier alpha value is -2.78. The van der Waals surface area contributed by atoms with E-state index in [2.05, 4.69) is 29.8 Å². The Labute approximate surface area is 243 Å². The number of aliphatic hydroxyl groups excluding tert-OH is 1. The van der Waals surface area contributed by atoms with Crippen LogP contribution in [0.25, 0.3) is 0 Å². The Morgan fingerprint density at radius 1 is 1.15 bits per heavy atom. The molecule has 4 N–H and O–H groups in total. The lowest BCUT2D eigenvalue weighted by Gasteiger charge is -2.38. The molecule has 224 valence electrons. The minimum Gasteiger partial charge on any atom is -0.394 e. The average Bonchev–Trinajstić information content (AvgIpc) is 3.65. The fraction of sp³-hybridized carbons (Fsp3) is 0.688. The Morgan fingerprint density at radius 3 is 2.44 bits per heavy atom. The molecule has 0 radical (unpaired) electrons. The number of carbonyl (C=O) groups excluding carboxylic acids is 4. The molecule has 3 amide bonds. The predicted octanol–water partition coefficient (Wildman–Crippen LogP) is 1.85. The van der Waals surface area contributed by atoms with E-state index in [0.717, 1.165) is 24.8 Å². The first kappa shape index (κ1) is 29.7. The zero-order valence-corrected chi connectivity index (χ0v) is 25.0. The van der Waals surface area contributed by atoms with Crippen molar-refractivity contribution in [1.82, 2.24) is 20.9 Å². The number of likely N-dealkylation sites (tertiary alicyclic amines) is 1. The summed E-state index contributed by atoms with van der Waals surface area (Å²) >= 11 is 0. The van der Waals surface area contributed by atoms with Gasteiger partial charge in [-0.2, -0.15) is 0 Å². The van der Waals surface area contributed by atoms with E-state index in [1.807, 2.05) is 51.1 Å². The molecule has 4 fully saturated rings. The van der Waals surface area contributed by atoms with Gasteiger partial charge in [0.25, 0.3) is 0 Å². The lowest BCUT2D eigenvalue weighted by molar-refractivity contribution is -0.146. The van der Waals surface area contributed by atoms with Gasteiger partial charge in [-0.15, -0.1) is 0 Å². The number of rotatable bonds is 10. The molecule has 0 spiro atoms. The molecule has 9 nitrogen and oxygen atoms in total. The van der Waals surface area contributed by atoms with Gasteiger partial charge < -0.3 is 30.8 Å². The maximum atomic E-state index is 14.2. The first-order chi connectivity index (χ1) is 19.3.